The molecule has 1 atom stereocenters. The summed E-state index contributed by atoms with van der Waals surface area (Å²) in [5.74, 6) is 0.270. The van der Waals surface area contributed by atoms with Crippen LogP contribution in [-0.2, 0) is 14.8 Å². The molecule has 7 nitrogen and oxygen atoms in total. The Morgan fingerprint density at radius 3 is 2.65 bits per heavy atom. The van der Waals surface area contributed by atoms with E-state index < -0.39 is 10.0 Å². The van der Waals surface area contributed by atoms with Gasteiger partial charge in [0.2, 0.25) is 10.0 Å². The van der Waals surface area contributed by atoms with Crippen molar-refractivity contribution in [3.8, 4) is 0 Å². The number of halogens is 1. The minimum Gasteiger partial charge on any atom is -0.383 e. The first-order chi connectivity index (χ1) is 10.3. The van der Waals surface area contributed by atoms with Gasteiger partial charge in [0.15, 0.2) is 5.96 Å². The summed E-state index contributed by atoms with van der Waals surface area (Å²) in [6, 6.07) is 1.72. The van der Waals surface area contributed by atoms with Gasteiger partial charge in [-0.05, 0) is 26.8 Å². The lowest BCUT2D eigenvalue weighted by Crippen LogP contribution is -2.41. The summed E-state index contributed by atoms with van der Waals surface area (Å²) in [4.78, 5) is 6.16. The summed E-state index contributed by atoms with van der Waals surface area (Å²) in [7, 11) is -1.88. The van der Waals surface area contributed by atoms with E-state index >= 15 is 0 Å². The monoisotopic (exact) mass is 476 g/mol. The Balaban J connectivity index is 0.00000484. The molecule has 23 heavy (non-hydrogen) atoms. The smallest absolute Gasteiger partial charge is 0.241 e. The van der Waals surface area contributed by atoms with Gasteiger partial charge in [0.05, 0.1) is 18.0 Å². The number of aryl methyl sites for hydroxylation is 2. The molecular formula is C13H25IN4O3S2. The van der Waals surface area contributed by atoms with Crippen molar-refractivity contribution in [2.75, 3.05) is 26.8 Å². The molecule has 0 bridgehead atoms. The molecule has 0 saturated heterocycles. The number of guanidine groups is 1. The van der Waals surface area contributed by atoms with Crippen LogP contribution in [0, 0.1) is 13.8 Å². The van der Waals surface area contributed by atoms with E-state index in [2.05, 4.69) is 15.0 Å². The molecule has 4 N–H and O–H groups in total. The van der Waals surface area contributed by atoms with Crippen LogP contribution in [0.25, 0.3) is 0 Å². The van der Waals surface area contributed by atoms with E-state index in [4.69, 9.17) is 10.5 Å². The maximum atomic E-state index is 12.2. The molecule has 1 unspecified atom stereocenters. The number of hydrogen-bond acceptors (Lipinski definition) is 5. The van der Waals surface area contributed by atoms with Crippen molar-refractivity contribution >= 4 is 51.3 Å². The fourth-order valence-corrected chi connectivity index (χ4v) is 4.47. The minimum absolute atomic E-state index is 0. The average Bonchev–Trinajstić information content (AvgIpc) is 2.75. The lowest BCUT2D eigenvalue weighted by atomic mass is 10.4. The molecule has 10 heteroatoms. The molecule has 1 aromatic heterocycles. The van der Waals surface area contributed by atoms with Gasteiger partial charge in [0.25, 0.3) is 0 Å². The minimum atomic E-state index is -3.49. The molecule has 0 spiro atoms. The molecule has 0 aromatic carbocycles. The molecule has 0 amide bonds. The van der Waals surface area contributed by atoms with Gasteiger partial charge in [-0.1, -0.05) is 0 Å². The quantitative estimate of drug-likeness (QED) is 0.226. The highest BCUT2D eigenvalue weighted by Gasteiger charge is 2.18. The van der Waals surface area contributed by atoms with Crippen LogP contribution >= 0.6 is 35.3 Å². The second kappa shape index (κ2) is 10.4. The molecule has 134 valence electrons. The first-order valence-corrected chi connectivity index (χ1v) is 9.18. The maximum absolute atomic E-state index is 12.2. The SMILES string of the molecule is COCC(C)NC(N)=NCCNS(=O)(=O)c1cc(C)sc1C.I. The number of methoxy groups -OCH3 is 1. The van der Waals surface area contributed by atoms with Gasteiger partial charge in [-0.25, -0.2) is 13.1 Å². The number of sulfonamides is 1. The molecule has 1 aromatic rings. The van der Waals surface area contributed by atoms with Crippen molar-refractivity contribution < 1.29 is 13.2 Å². The zero-order valence-corrected chi connectivity index (χ0v) is 17.7. The van der Waals surface area contributed by atoms with E-state index in [1.807, 2.05) is 13.8 Å². The molecule has 1 heterocycles. The standard InChI is InChI=1S/C13H24N4O3S2.HI/c1-9(8-20-4)17-13(14)15-5-6-16-22(18,19)12-7-10(2)21-11(12)3;/h7,9,16H,5-6,8H2,1-4H3,(H3,14,15,17);1H. The molecular weight excluding hydrogens is 451 g/mol. The summed E-state index contributed by atoms with van der Waals surface area (Å²) in [5.41, 5.74) is 5.70. The van der Waals surface area contributed by atoms with Crippen molar-refractivity contribution in [3.63, 3.8) is 0 Å². The van der Waals surface area contributed by atoms with Crippen LogP contribution in [0.5, 0.6) is 0 Å². The number of thiophene rings is 1. The molecule has 0 fully saturated rings. The Labute approximate surface area is 159 Å². The van der Waals surface area contributed by atoms with Gasteiger partial charge >= 0.3 is 0 Å². The van der Waals surface area contributed by atoms with Crippen LogP contribution in [0.4, 0.5) is 0 Å². The van der Waals surface area contributed by atoms with Crippen LogP contribution in [0.2, 0.25) is 0 Å². The molecule has 0 aliphatic rings. The first kappa shape index (κ1) is 22.6. The van der Waals surface area contributed by atoms with E-state index in [1.165, 1.54) is 11.3 Å². The largest absolute Gasteiger partial charge is 0.383 e. The second-order valence-corrected chi connectivity index (χ2v) is 8.14. The van der Waals surface area contributed by atoms with Crippen LogP contribution in [-0.4, -0.2) is 47.2 Å². The number of rotatable bonds is 8. The van der Waals surface area contributed by atoms with Crippen LogP contribution in [0.15, 0.2) is 16.0 Å². The topological polar surface area (TPSA) is 106 Å². The zero-order chi connectivity index (χ0) is 16.8. The Kier molecular flexibility index (Phi) is 10.2. The highest BCUT2D eigenvalue weighted by Crippen LogP contribution is 2.24. The van der Waals surface area contributed by atoms with Crippen LogP contribution < -0.4 is 15.8 Å². The van der Waals surface area contributed by atoms with Crippen LogP contribution in [0.1, 0.15) is 16.7 Å². The van der Waals surface area contributed by atoms with Gasteiger partial charge in [-0.2, -0.15) is 0 Å². The molecule has 0 aliphatic heterocycles. The van der Waals surface area contributed by atoms with Crippen molar-refractivity contribution in [1.29, 1.82) is 0 Å². The third-order valence-corrected chi connectivity index (χ3v) is 5.46. The Hall–Kier alpha value is -0.430. The highest BCUT2D eigenvalue weighted by molar-refractivity contribution is 14.0. The normalized spacial score (nSPS) is 13.5. The van der Waals surface area contributed by atoms with Crippen molar-refractivity contribution in [1.82, 2.24) is 10.0 Å². The lowest BCUT2D eigenvalue weighted by Gasteiger charge is -2.13. The van der Waals surface area contributed by atoms with Gasteiger partial charge in [0, 0.05) is 29.5 Å². The summed E-state index contributed by atoms with van der Waals surface area (Å²) < 4.78 is 31.8. The number of aliphatic imine (C=N–C) groups is 1. The summed E-state index contributed by atoms with van der Waals surface area (Å²) in [5, 5.41) is 2.95. The number of nitrogens with two attached hydrogens (primary N) is 1. The number of ether oxygens (including phenoxy) is 1. The van der Waals surface area contributed by atoms with Crippen molar-refractivity contribution in [3.05, 3.63) is 15.8 Å². The number of nitrogens with one attached hydrogen (secondary N) is 2. The average molecular weight is 476 g/mol. The predicted molar refractivity (Wildman–Crippen MR) is 105 cm³/mol. The Bertz CT molecular complexity index is 617. The summed E-state index contributed by atoms with van der Waals surface area (Å²) in [6.45, 7) is 6.56. The van der Waals surface area contributed by atoms with Crippen molar-refractivity contribution in [2.45, 2.75) is 31.7 Å². The van der Waals surface area contributed by atoms with E-state index in [0.717, 1.165) is 9.75 Å². The first-order valence-electron chi connectivity index (χ1n) is 6.88. The molecule has 0 radical (unpaired) electrons. The second-order valence-electron chi connectivity index (χ2n) is 4.94. The van der Waals surface area contributed by atoms with Gasteiger partial charge in [-0.15, -0.1) is 35.3 Å². The molecule has 0 aliphatic carbocycles. The van der Waals surface area contributed by atoms with E-state index in [1.54, 1.807) is 20.1 Å². The van der Waals surface area contributed by atoms with Crippen LogP contribution in [0.3, 0.4) is 0 Å². The van der Waals surface area contributed by atoms with Gasteiger partial charge in [0.1, 0.15) is 0 Å². The fraction of sp³-hybridized carbons (Fsp3) is 0.615. The number of hydrogen-bond donors (Lipinski definition) is 3. The maximum Gasteiger partial charge on any atom is 0.241 e. The fourth-order valence-electron chi connectivity index (χ4n) is 1.90. The third-order valence-electron chi connectivity index (χ3n) is 2.78. The van der Waals surface area contributed by atoms with E-state index in [0.29, 0.717) is 11.5 Å². The van der Waals surface area contributed by atoms with E-state index in [9.17, 15) is 8.42 Å². The van der Waals surface area contributed by atoms with E-state index in [-0.39, 0.29) is 49.1 Å². The third kappa shape index (κ3) is 7.79. The molecule has 0 saturated carbocycles. The van der Waals surface area contributed by atoms with Gasteiger partial charge < -0.3 is 15.8 Å². The van der Waals surface area contributed by atoms with Gasteiger partial charge in [-0.3, -0.25) is 4.99 Å². The lowest BCUT2D eigenvalue weighted by molar-refractivity contribution is 0.179. The summed E-state index contributed by atoms with van der Waals surface area (Å²) >= 11 is 1.46. The Morgan fingerprint density at radius 1 is 1.48 bits per heavy atom. The van der Waals surface area contributed by atoms with Crippen molar-refractivity contribution in [2.24, 2.45) is 10.7 Å². The Morgan fingerprint density at radius 2 is 2.13 bits per heavy atom. The predicted octanol–water partition coefficient (Wildman–Crippen LogP) is 1.20. The highest BCUT2D eigenvalue weighted by atomic mass is 127. The zero-order valence-electron chi connectivity index (χ0n) is 13.8. The molecule has 1 rings (SSSR count). The number of nitrogens with zero attached hydrogens (tertiary/aromatic N) is 1. The summed E-state index contributed by atoms with van der Waals surface area (Å²) in [6.07, 6.45) is 0.